The van der Waals surface area contributed by atoms with E-state index in [1.165, 1.54) is 0 Å². The number of rotatable bonds is 45. The molecule has 0 aliphatic heterocycles. The van der Waals surface area contributed by atoms with Crippen molar-refractivity contribution in [2.45, 2.75) is 111 Å². The summed E-state index contributed by atoms with van der Waals surface area (Å²) < 4.78 is 0. The van der Waals surface area contributed by atoms with E-state index >= 15 is 0 Å². The van der Waals surface area contributed by atoms with Gasteiger partial charge >= 0.3 is 0 Å². The Hall–Kier alpha value is 2.55. The Labute approximate surface area is 453 Å². The summed E-state index contributed by atoms with van der Waals surface area (Å²) in [6.45, 7) is 22.2. The van der Waals surface area contributed by atoms with Crippen molar-refractivity contribution in [2.24, 2.45) is 17.2 Å². The predicted molar refractivity (Wildman–Crippen MR) is 322 cm³/mol. The Morgan fingerprint density at radius 2 is 0.591 bits per heavy atom. The molecule has 0 amide bonds. The van der Waals surface area contributed by atoms with E-state index < -0.39 is 17.0 Å². The van der Waals surface area contributed by atoms with Crippen LogP contribution in [0.5, 0.6) is 0 Å². The van der Waals surface area contributed by atoms with Gasteiger partial charge < -0.3 is 65.1 Å². The predicted octanol–water partition coefficient (Wildman–Crippen LogP) is -0.623. The van der Waals surface area contributed by atoms with Crippen LogP contribution in [0.15, 0.2) is 0 Å². The molecule has 0 saturated heterocycles. The van der Waals surface area contributed by atoms with Gasteiger partial charge in [-0.2, -0.15) is 114 Å². The molecule has 24 heteroatoms. The van der Waals surface area contributed by atoms with Crippen LogP contribution in [0.3, 0.4) is 0 Å². The summed E-state index contributed by atoms with van der Waals surface area (Å²) in [7, 11) is 3.87. The number of nitrogens with one attached hydrogen (secondary N) is 12. The molecule has 0 aromatic rings. The maximum absolute atomic E-state index is 6.91. The molecule has 0 aromatic carbocycles. The summed E-state index contributed by atoms with van der Waals surface area (Å²) in [5, 5.41) is 42.8. The van der Waals surface area contributed by atoms with Crippen LogP contribution >= 0.6 is 114 Å². The van der Waals surface area contributed by atoms with E-state index in [0.717, 1.165) is 65.1 Å². The highest BCUT2D eigenvalue weighted by Crippen LogP contribution is 2.14. The first kappa shape index (κ1) is 68.6. The van der Waals surface area contributed by atoms with Gasteiger partial charge in [0.25, 0.3) is 0 Å². The largest absolute Gasteiger partial charge is 0.318 e. The van der Waals surface area contributed by atoms with E-state index in [4.69, 9.17) is 42.5 Å². The molecule has 0 spiro atoms. The Morgan fingerprint density at radius 1 is 0.303 bits per heavy atom. The minimum atomic E-state index is -0.736. The molecule has 0 aliphatic carbocycles. The van der Waals surface area contributed by atoms with Crippen LogP contribution < -0.4 is 81.0 Å². The van der Waals surface area contributed by atoms with E-state index in [1.807, 2.05) is 14.1 Å². The number of hydrogen-bond acceptors (Lipinski definition) is 24. The first-order valence-corrected chi connectivity index (χ1v) is 29.1. The fourth-order valence-electron chi connectivity index (χ4n) is 6.33. The molecule has 0 heterocycles. The van der Waals surface area contributed by atoms with E-state index in [1.54, 1.807) is 0 Å². The van der Waals surface area contributed by atoms with Crippen molar-refractivity contribution in [1.29, 1.82) is 0 Å². The lowest BCUT2D eigenvalue weighted by Crippen LogP contribution is -2.68. The van der Waals surface area contributed by atoms with Gasteiger partial charge in [0.15, 0.2) is 0 Å². The molecule has 0 aromatic heterocycles. The summed E-state index contributed by atoms with van der Waals surface area (Å²) in [6, 6.07) is 0. The van der Waals surface area contributed by atoms with Crippen LogP contribution in [-0.2, 0) is 0 Å². The van der Waals surface area contributed by atoms with Crippen molar-refractivity contribution in [3.8, 4) is 0 Å². The van der Waals surface area contributed by atoms with Crippen LogP contribution in [0.4, 0.5) is 0 Å². The zero-order valence-electron chi connectivity index (χ0n) is 41.9. The molecule has 15 nitrogen and oxygen atoms in total. The highest BCUT2D eigenvalue weighted by atomic mass is 32.1. The van der Waals surface area contributed by atoms with Crippen LogP contribution in [0.25, 0.3) is 0 Å². The maximum atomic E-state index is 6.91. The van der Waals surface area contributed by atoms with Crippen molar-refractivity contribution in [3.63, 3.8) is 0 Å². The van der Waals surface area contributed by atoms with Crippen LogP contribution in [-0.4, -0.2) is 201 Å². The molecule has 0 saturated carbocycles. The number of thiol groups is 9. The van der Waals surface area contributed by atoms with Crippen LogP contribution in [0.1, 0.15) is 60.8 Å². The normalized spacial score (nSPS) is 20.7. The summed E-state index contributed by atoms with van der Waals surface area (Å²) in [6.07, 6.45) is 2.98. The lowest BCUT2D eigenvalue weighted by atomic mass is 10.0. The lowest BCUT2D eigenvalue weighted by Gasteiger charge is -2.39. The van der Waals surface area contributed by atoms with Crippen LogP contribution in [0, 0.1) is 0 Å². The fourth-order valence-corrected chi connectivity index (χ4v) is 8.39. The highest BCUT2D eigenvalue weighted by molar-refractivity contribution is 7.81. The third-order valence-corrected chi connectivity index (χ3v) is 18.4. The molecule has 1 unspecified atom stereocenters. The molecule has 0 radical (unpaired) electrons. The van der Waals surface area contributed by atoms with Gasteiger partial charge in [0.2, 0.25) is 0 Å². The summed E-state index contributed by atoms with van der Waals surface area (Å²) >= 11 is 41.6. The van der Waals surface area contributed by atoms with E-state index in [0.29, 0.717) is 91.0 Å². The standard InChI is InChI=1S/C42H101N15S9/c1-34(25-58,47-8)19-55-40(43,31-64)23-53-37(4,28-61)18-49-13-11-15-51-39(6,30-63)21-57-42(45,33-66)24-54-36(3,27-60)17-48-12-9-10-14-50-38(5,29-62)20-56-41(44,32-65)22-52-35(2,26-59)16-46-7/h46-66H,9-33,43-45H2,1-8H3/t34-,35-,36-,37-,38-,39-,40-,41?,42-/m0/s1. The first-order chi connectivity index (χ1) is 30.8. The average Bonchev–Trinajstić information content (AvgIpc) is 3.33. The summed E-state index contributed by atoms with van der Waals surface area (Å²) in [4.78, 5) is 0. The Balaban J connectivity index is 4.83. The second-order valence-electron chi connectivity index (χ2n) is 20.4. The van der Waals surface area contributed by atoms with Gasteiger partial charge in [-0.1, -0.05) is 0 Å². The molecule has 66 heavy (non-hydrogen) atoms. The van der Waals surface area contributed by atoms with Crippen molar-refractivity contribution in [3.05, 3.63) is 0 Å². The highest BCUT2D eigenvalue weighted by Gasteiger charge is 2.35. The fraction of sp³-hybridized carbons (Fsp3) is 1.00. The SMILES string of the molecule is CNC[C@@](C)(CS)NCC(N)(CS)NC[C@@](C)(CS)NCCCCNC[C@@](C)(CS)NC[C@@](N)(CS)NC[C@@](C)(CS)NCCCNC[C@@](C)(CS)NC[C@@](N)(CS)NC[C@@](C)(CS)NC. The third kappa shape index (κ3) is 27.7. The van der Waals surface area contributed by atoms with Gasteiger partial charge in [-0.25, -0.2) is 0 Å². The first-order valence-electron chi connectivity index (χ1n) is 23.4. The van der Waals surface area contributed by atoms with Crippen molar-refractivity contribution in [2.75, 3.05) is 151 Å². The minimum absolute atomic E-state index is 0.174. The number of nitrogens with two attached hydrogens (primary N) is 3. The zero-order chi connectivity index (χ0) is 50.7. The second kappa shape index (κ2) is 34.2. The molecule has 9 atom stereocenters. The zero-order valence-corrected chi connectivity index (χ0v) is 50.0. The number of unbranched alkanes of at least 4 members (excludes halogenated alkanes) is 1. The second-order valence-corrected chi connectivity index (χ2v) is 23.3. The van der Waals surface area contributed by atoms with E-state index in [-0.39, 0.29) is 33.2 Å². The Morgan fingerprint density at radius 3 is 0.909 bits per heavy atom. The molecule has 0 bridgehead atoms. The van der Waals surface area contributed by atoms with Gasteiger partial charge in [-0.05, 0) is 101 Å². The Kier molecular flexibility index (Phi) is 35.5. The summed E-state index contributed by atoms with van der Waals surface area (Å²) in [5.74, 6) is 5.39. The van der Waals surface area contributed by atoms with Crippen molar-refractivity contribution < 1.29 is 0 Å². The lowest BCUT2D eigenvalue weighted by molar-refractivity contribution is 0.259. The number of hydrogen-bond donors (Lipinski definition) is 24. The smallest absolute Gasteiger partial charge is 0.0881 e. The summed E-state index contributed by atoms with van der Waals surface area (Å²) in [5.41, 5.74) is 16.9. The molecule has 398 valence electrons. The monoisotopic (exact) mass is 1100 g/mol. The molecule has 0 aliphatic rings. The topological polar surface area (TPSA) is 222 Å². The molecule has 18 N–H and O–H groups in total. The molecule has 0 rings (SSSR count). The van der Waals surface area contributed by atoms with Gasteiger partial charge in [-0.15, -0.1) is 0 Å². The van der Waals surface area contributed by atoms with E-state index in [2.05, 4.69) is 194 Å². The van der Waals surface area contributed by atoms with Crippen molar-refractivity contribution >= 4 is 114 Å². The van der Waals surface area contributed by atoms with Gasteiger partial charge in [0, 0.05) is 144 Å². The quantitative estimate of drug-likeness (QED) is 0.0208. The molecular weight excluding hydrogens is 1000 g/mol. The minimum Gasteiger partial charge on any atom is -0.318 e. The third-order valence-electron chi connectivity index (χ3n) is 12.5. The van der Waals surface area contributed by atoms with E-state index in [9.17, 15) is 0 Å². The average molecular weight is 1100 g/mol. The van der Waals surface area contributed by atoms with Gasteiger partial charge in [-0.3, -0.25) is 16.0 Å². The van der Waals surface area contributed by atoms with Gasteiger partial charge in [0.05, 0.1) is 17.0 Å². The van der Waals surface area contributed by atoms with Crippen molar-refractivity contribution in [1.82, 2.24) is 63.8 Å². The van der Waals surface area contributed by atoms with Gasteiger partial charge in [0.1, 0.15) is 0 Å². The van der Waals surface area contributed by atoms with Crippen LogP contribution in [0.2, 0.25) is 0 Å². The maximum Gasteiger partial charge on any atom is 0.0881 e. The number of likely N-dealkylation sites (N-methyl/N-ethyl adjacent to an activating group) is 2. The molecular formula is C42H101N15S9. The molecule has 0 fully saturated rings. The Bertz CT molecular complexity index is 1260.